The number of rotatable bonds is 5. The molecule has 7 heteroatoms. The van der Waals surface area contributed by atoms with E-state index in [9.17, 15) is 14.4 Å². The molecule has 1 aliphatic rings. The Labute approximate surface area is 196 Å². The number of hydrogen-bond donors (Lipinski definition) is 1. The zero-order valence-corrected chi connectivity index (χ0v) is 19.1. The van der Waals surface area contributed by atoms with Crippen molar-refractivity contribution in [2.45, 2.75) is 20.8 Å². The molecular weight excluding hydrogens is 440 g/mol. The number of anilines is 2. The largest absolute Gasteiger partial charge is 0.423 e. The number of hydrogen-bond acceptors (Lipinski definition) is 5. The molecular formula is C26H21ClN2O4. The van der Waals surface area contributed by atoms with E-state index in [1.165, 1.54) is 0 Å². The summed E-state index contributed by atoms with van der Waals surface area (Å²) in [5.41, 5.74) is 4.03. The van der Waals surface area contributed by atoms with Crippen molar-refractivity contribution in [3.63, 3.8) is 0 Å². The first kappa shape index (κ1) is 22.3. The molecule has 0 atom stereocenters. The van der Waals surface area contributed by atoms with Crippen LogP contribution in [0.5, 0.6) is 5.75 Å². The number of halogens is 1. The van der Waals surface area contributed by atoms with Crippen molar-refractivity contribution in [1.29, 1.82) is 0 Å². The number of nitrogens with one attached hydrogen (secondary N) is 1. The number of ether oxygens (including phenoxy) is 1. The van der Waals surface area contributed by atoms with Crippen molar-refractivity contribution in [2.75, 3.05) is 10.2 Å². The Hall–Kier alpha value is -3.90. The van der Waals surface area contributed by atoms with Crippen LogP contribution < -0.4 is 15.0 Å². The van der Waals surface area contributed by atoms with Crippen molar-refractivity contribution < 1.29 is 19.1 Å². The fourth-order valence-corrected chi connectivity index (χ4v) is 3.64. The third-order valence-electron chi connectivity index (χ3n) is 5.22. The van der Waals surface area contributed by atoms with E-state index >= 15 is 0 Å². The van der Waals surface area contributed by atoms with Crippen molar-refractivity contribution in [3.05, 3.63) is 99.7 Å². The average Bonchev–Trinajstić information content (AvgIpc) is 3.00. The maximum Gasteiger partial charge on any atom is 0.343 e. The van der Waals surface area contributed by atoms with E-state index in [-0.39, 0.29) is 10.7 Å². The van der Waals surface area contributed by atoms with Crippen LogP contribution in [0.2, 0.25) is 0 Å². The first-order chi connectivity index (χ1) is 15.7. The van der Waals surface area contributed by atoms with Crippen LogP contribution >= 0.6 is 11.6 Å². The lowest BCUT2D eigenvalue weighted by Gasteiger charge is -2.15. The topological polar surface area (TPSA) is 75.7 Å². The summed E-state index contributed by atoms with van der Waals surface area (Å²) in [6.45, 7) is 5.66. The van der Waals surface area contributed by atoms with Gasteiger partial charge in [0.1, 0.15) is 16.5 Å². The molecule has 0 aromatic heterocycles. The van der Waals surface area contributed by atoms with Gasteiger partial charge in [-0.1, -0.05) is 35.9 Å². The summed E-state index contributed by atoms with van der Waals surface area (Å²) in [5.74, 6) is -1.13. The van der Waals surface area contributed by atoms with Crippen molar-refractivity contribution in [2.24, 2.45) is 0 Å². The number of imide groups is 1. The van der Waals surface area contributed by atoms with E-state index in [2.05, 4.69) is 5.32 Å². The van der Waals surface area contributed by atoms with Gasteiger partial charge < -0.3 is 10.1 Å². The molecule has 1 heterocycles. The van der Waals surface area contributed by atoms with E-state index in [0.717, 1.165) is 21.6 Å². The maximum atomic E-state index is 12.9. The lowest BCUT2D eigenvalue weighted by atomic mass is 10.1. The lowest BCUT2D eigenvalue weighted by Crippen LogP contribution is -2.32. The second-order valence-corrected chi connectivity index (χ2v) is 8.21. The Morgan fingerprint density at radius 2 is 1.58 bits per heavy atom. The number of aryl methyl sites for hydroxylation is 3. The van der Waals surface area contributed by atoms with Gasteiger partial charge in [-0.15, -0.1) is 0 Å². The van der Waals surface area contributed by atoms with Gasteiger partial charge in [0.2, 0.25) is 0 Å². The molecule has 0 saturated heterocycles. The van der Waals surface area contributed by atoms with Gasteiger partial charge in [0.25, 0.3) is 11.8 Å². The molecule has 0 aliphatic carbocycles. The van der Waals surface area contributed by atoms with E-state index in [1.807, 2.05) is 39.0 Å². The van der Waals surface area contributed by atoms with Crippen LogP contribution in [-0.4, -0.2) is 17.8 Å². The van der Waals surface area contributed by atoms with Gasteiger partial charge in [-0.3, -0.25) is 9.59 Å². The summed E-state index contributed by atoms with van der Waals surface area (Å²) in [5, 5.41) is 2.71. The van der Waals surface area contributed by atoms with E-state index in [4.69, 9.17) is 16.3 Å². The third-order valence-corrected chi connectivity index (χ3v) is 5.57. The molecule has 3 aromatic carbocycles. The molecule has 0 spiro atoms. The Bertz CT molecular complexity index is 1310. The van der Waals surface area contributed by atoms with Crippen LogP contribution in [0.1, 0.15) is 27.0 Å². The van der Waals surface area contributed by atoms with Crippen LogP contribution in [0, 0.1) is 20.8 Å². The molecule has 0 radical (unpaired) electrons. The Morgan fingerprint density at radius 1 is 0.879 bits per heavy atom. The maximum absolute atomic E-state index is 12.9. The van der Waals surface area contributed by atoms with Crippen LogP contribution in [0.4, 0.5) is 11.4 Å². The zero-order chi connectivity index (χ0) is 23.7. The molecule has 1 aliphatic heterocycles. The van der Waals surface area contributed by atoms with E-state index < -0.39 is 17.8 Å². The summed E-state index contributed by atoms with van der Waals surface area (Å²) >= 11 is 6.19. The summed E-state index contributed by atoms with van der Waals surface area (Å²) < 4.78 is 5.51. The molecule has 4 rings (SSSR count). The number of benzene rings is 3. The average molecular weight is 461 g/mol. The molecule has 3 aromatic rings. The highest BCUT2D eigenvalue weighted by atomic mass is 35.5. The van der Waals surface area contributed by atoms with Crippen molar-refractivity contribution >= 4 is 40.8 Å². The predicted molar refractivity (Wildman–Crippen MR) is 127 cm³/mol. The minimum atomic E-state index is -0.594. The Balaban J connectivity index is 1.49. The number of amides is 2. The van der Waals surface area contributed by atoms with Gasteiger partial charge in [0, 0.05) is 5.69 Å². The first-order valence-corrected chi connectivity index (χ1v) is 10.6. The highest BCUT2D eigenvalue weighted by molar-refractivity contribution is 6.53. The third kappa shape index (κ3) is 4.52. The molecule has 33 heavy (non-hydrogen) atoms. The van der Waals surface area contributed by atoms with Crippen LogP contribution in [0.3, 0.4) is 0 Å². The van der Waals surface area contributed by atoms with E-state index in [1.54, 1.807) is 48.5 Å². The normalized spacial score (nSPS) is 13.5. The Morgan fingerprint density at radius 3 is 2.27 bits per heavy atom. The highest BCUT2D eigenvalue weighted by Gasteiger charge is 2.39. The fourth-order valence-electron chi connectivity index (χ4n) is 3.42. The van der Waals surface area contributed by atoms with E-state index in [0.29, 0.717) is 22.7 Å². The molecule has 6 nitrogen and oxygen atoms in total. The van der Waals surface area contributed by atoms with Crippen LogP contribution in [0.25, 0.3) is 0 Å². The predicted octanol–water partition coefficient (Wildman–Crippen LogP) is 5.27. The highest BCUT2D eigenvalue weighted by Crippen LogP contribution is 2.30. The SMILES string of the molecule is Cc1cccc(N2C(=O)C(Cl)=C(Nc3ccc(C(=O)Oc4cc(C)ccc4C)cc3)C2=O)c1. The molecule has 0 fully saturated rings. The van der Waals surface area contributed by atoms with Gasteiger partial charge >= 0.3 is 5.97 Å². The molecule has 0 saturated carbocycles. The summed E-state index contributed by atoms with van der Waals surface area (Å²) in [6.07, 6.45) is 0. The minimum Gasteiger partial charge on any atom is -0.423 e. The molecule has 1 N–H and O–H groups in total. The molecule has 166 valence electrons. The summed E-state index contributed by atoms with van der Waals surface area (Å²) in [4.78, 5) is 39.1. The monoisotopic (exact) mass is 460 g/mol. The van der Waals surface area contributed by atoms with Gasteiger partial charge in [-0.2, -0.15) is 0 Å². The van der Waals surface area contributed by atoms with Gasteiger partial charge in [-0.25, -0.2) is 9.69 Å². The molecule has 0 unspecified atom stereocenters. The second-order valence-electron chi connectivity index (χ2n) is 7.83. The minimum absolute atomic E-state index is 0.0196. The summed E-state index contributed by atoms with van der Waals surface area (Å²) in [6, 6.07) is 19.1. The number of esters is 1. The number of nitrogens with zero attached hydrogens (tertiary/aromatic N) is 1. The fraction of sp³-hybridized carbons (Fsp3) is 0.115. The molecule has 0 bridgehead atoms. The lowest BCUT2D eigenvalue weighted by molar-refractivity contribution is -0.120. The van der Waals surface area contributed by atoms with Gasteiger partial charge in [0.05, 0.1) is 11.3 Å². The smallest absolute Gasteiger partial charge is 0.343 e. The summed E-state index contributed by atoms with van der Waals surface area (Å²) in [7, 11) is 0. The molecule has 2 amide bonds. The second kappa shape index (κ2) is 8.92. The van der Waals surface area contributed by atoms with Crippen LogP contribution in [-0.2, 0) is 9.59 Å². The Kier molecular flexibility index (Phi) is 6.03. The first-order valence-electron chi connectivity index (χ1n) is 10.3. The van der Waals surface area contributed by atoms with Gasteiger partial charge in [-0.05, 0) is 79.9 Å². The van der Waals surface area contributed by atoms with Gasteiger partial charge in [0.15, 0.2) is 0 Å². The number of carbonyl (C=O) groups is 3. The van der Waals surface area contributed by atoms with Crippen LogP contribution in [0.15, 0.2) is 77.5 Å². The van der Waals surface area contributed by atoms with Crippen molar-refractivity contribution in [1.82, 2.24) is 0 Å². The zero-order valence-electron chi connectivity index (χ0n) is 18.3. The van der Waals surface area contributed by atoms with Crippen molar-refractivity contribution in [3.8, 4) is 5.75 Å². The quantitative estimate of drug-likeness (QED) is 0.319. The standard InChI is InChI=1S/C26H21ClN2O4/c1-15-5-4-6-20(13-15)29-24(30)22(27)23(25(29)31)28-19-11-9-18(10-12-19)26(32)33-21-14-16(2)7-8-17(21)3/h4-14,28H,1-3H3. The number of carbonyl (C=O) groups excluding carboxylic acids is 3.